The Labute approximate surface area is 132 Å². The van der Waals surface area contributed by atoms with E-state index < -0.39 is 0 Å². The summed E-state index contributed by atoms with van der Waals surface area (Å²) >= 11 is 0. The highest BCUT2D eigenvalue weighted by atomic mass is 16.5. The van der Waals surface area contributed by atoms with Crippen LogP contribution in [0.4, 0.5) is 0 Å². The molecule has 0 spiro atoms. The van der Waals surface area contributed by atoms with Crippen LogP contribution in [0.3, 0.4) is 0 Å². The number of piperidine rings is 1. The summed E-state index contributed by atoms with van der Waals surface area (Å²) in [7, 11) is 0. The van der Waals surface area contributed by atoms with Gasteiger partial charge in [0.25, 0.3) is 0 Å². The van der Waals surface area contributed by atoms with Crippen LogP contribution in [0.5, 0.6) is 0 Å². The van der Waals surface area contributed by atoms with E-state index in [-0.39, 0.29) is 17.9 Å². The Balaban J connectivity index is 1.68. The first-order valence-electron chi connectivity index (χ1n) is 8.43. The number of nitrogens with one attached hydrogen (secondary N) is 2. The summed E-state index contributed by atoms with van der Waals surface area (Å²) in [6, 6.07) is 8.69. The van der Waals surface area contributed by atoms with Gasteiger partial charge in [-0.25, -0.2) is 0 Å². The molecule has 2 fully saturated rings. The van der Waals surface area contributed by atoms with Crippen LogP contribution >= 0.6 is 0 Å². The Morgan fingerprint density at radius 1 is 1.18 bits per heavy atom. The fraction of sp³-hybridized carbons (Fsp3) is 0.611. The first-order chi connectivity index (χ1) is 10.7. The lowest BCUT2D eigenvalue weighted by atomic mass is 9.88. The molecular weight excluding hydrogens is 276 g/mol. The second-order valence-electron chi connectivity index (χ2n) is 6.48. The van der Waals surface area contributed by atoms with Gasteiger partial charge < -0.3 is 15.4 Å². The molecule has 0 aromatic heterocycles. The van der Waals surface area contributed by atoms with Crippen molar-refractivity contribution in [1.29, 1.82) is 0 Å². The first kappa shape index (κ1) is 15.5. The van der Waals surface area contributed by atoms with Gasteiger partial charge in [0, 0.05) is 12.6 Å². The fourth-order valence-electron chi connectivity index (χ4n) is 3.41. The zero-order chi connectivity index (χ0) is 15.4. The van der Waals surface area contributed by atoms with E-state index in [1.807, 2.05) is 0 Å². The summed E-state index contributed by atoms with van der Waals surface area (Å²) in [5, 5.41) is 6.57. The molecule has 1 aromatic rings. The van der Waals surface area contributed by atoms with E-state index in [2.05, 4.69) is 41.8 Å². The maximum atomic E-state index is 12.7. The van der Waals surface area contributed by atoms with Gasteiger partial charge in [-0.3, -0.25) is 4.79 Å². The van der Waals surface area contributed by atoms with Crippen LogP contribution in [-0.4, -0.2) is 31.6 Å². The molecule has 0 bridgehead atoms. The zero-order valence-electron chi connectivity index (χ0n) is 13.3. The van der Waals surface area contributed by atoms with Crippen LogP contribution in [-0.2, 0) is 9.53 Å². The molecule has 0 saturated carbocycles. The zero-order valence-corrected chi connectivity index (χ0v) is 13.3. The van der Waals surface area contributed by atoms with E-state index in [9.17, 15) is 4.79 Å². The molecule has 120 valence electrons. The van der Waals surface area contributed by atoms with Gasteiger partial charge in [0.1, 0.15) is 0 Å². The van der Waals surface area contributed by atoms with Gasteiger partial charge in [-0.1, -0.05) is 29.8 Å². The highest BCUT2D eigenvalue weighted by Crippen LogP contribution is 2.34. The topological polar surface area (TPSA) is 50.4 Å². The molecular formula is C18H26N2O2. The molecule has 0 radical (unpaired) electrons. The predicted molar refractivity (Wildman–Crippen MR) is 86.6 cm³/mol. The van der Waals surface area contributed by atoms with Gasteiger partial charge in [0.2, 0.25) is 5.91 Å². The lowest BCUT2D eigenvalue weighted by Crippen LogP contribution is -2.46. The van der Waals surface area contributed by atoms with Crippen LogP contribution in [0.2, 0.25) is 0 Å². The van der Waals surface area contributed by atoms with Crippen LogP contribution in [0.25, 0.3) is 0 Å². The fourth-order valence-corrected chi connectivity index (χ4v) is 3.41. The average molecular weight is 302 g/mol. The van der Waals surface area contributed by atoms with Crippen molar-refractivity contribution in [1.82, 2.24) is 10.6 Å². The van der Waals surface area contributed by atoms with E-state index in [4.69, 9.17) is 4.74 Å². The molecule has 2 N–H and O–H groups in total. The SMILES string of the molecule is Cc1ccc(C2OCCCC2C(=O)NC2CCNCC2)cc1. The number of rotatable bonds is 3. The van der Waals surface area contributed by atoms with Crippen molar-refractivity contribution in [2.45, 2.75) is 44.8 Å². The van der Waals surface area contributed by atoms with Crippen LogP contribution < -0.4 is 10.6 Å². The Bertz CT molecular complexity index is 494. The smallest absolute Gasteiger partial charge is 0.226 e. The summed E-state index contributed by atoms with van der Waals surface area (Å²) in [6.07, 6.45) is 3.82. The van der Waals surface area contributed by atoms with Gasteiger partial charge in [0.15, 0.2) is 0 Å². The molecule has 4 nitrogen and oxygen atoms in total. The Kier molecular flexibility index (Phi) is 5.11. The number of hydrogen-bond donors (Lipinski definition) is 2. The number of carbonyl (C=O) groups excluding carboxylic acids is 1. The number of hydrogen-bond acceptors (Lipinski definition) is 3. The van der Waals surface area contributed by atoms with E-state index in [1.54, 1.807) is 0 Å². The highest BCUT2D eigenvalue weighted by Gasteiger charge is 2.34. The quantitative estimate of drug-likeness (QED) is 0.901. The summed E-state index contributed by atoms with van der Waals surface area (Å²) < 4.78 is 5.95. The lowest BCUT2D eigenvalue weighted by molar-refractivity contribution is -0.135. The number of ether oxygens (including phenoxy) is 1. The second kappa shape index (κ2) is 7.25. The maximum absolute atomic E-state index is 12.7. The molecule has 1 amide bonds. The standard InChI is InChI=1S/C18H26N2O2/c1-13-4-6-14(7-5-13)17-16(3-2-12-22-17)18(21)20-15-8-10-19-11-9-15/h4-7,15-17,19H,2-3,8-12H2,1H3,(H,20,21). The van der Waals surface area contributed by atoms with Crippen LogP contribution in [0, 0.1) is 12.8 Å². The molecule has 2 atom stereocenters. The first-order valence-corrected chi connectivity index (χ1v) is 8.43. The van der Waals surface area contributed by atoms with E-state index >= 15 is 0 Å². The molecule has 22 heavy (non-hydrogen) atoms. The summed E-state index contributed by atoms with van der Waals surface area (Å²) in [5.74, 6) is 0.100. The Hall–Kier alpha value is -1.39. The molecule has 2 aliphatic rings. The molecule has 2 saturated heterocycles. The monoisotopic (exact) mass is 302 g/mol. The van der Waals surface area contributed by atoms with Gasteiger partial charge in [-0.05, 0) is 51.3 Å². The second-order valence-corrected chi connectivity index (χ2v) is 6.48. The molecule has 2 heterocycles. The number of carbonyl (C=O) groups is 1. The Morgan fingerprint density at radius 2 is 1.91 bits per heavy atom. The number of aryl methyl sites for hydroxylation is 1. The summed E-state index contributed by atoms with van der Waals surface area (Å²) in [5.41, 5.74) is 2.35. The van der Waals surface area contributed by atoms with E-state index in [0.29, 0.717) is 6.04 Å². The minimum atomic E-state index is -0.101. The minimum Gasteiger partial charge on any atom is -0.373 e. The summed E-state index contributed by atoms with van der Waals surface area (Å²) in [6.45, 7) is 4.81. The van der Waals surface area contributed by atoms with Gasteiger partial charge in [-0.15, -0.1) is 0 Å². The third-order valence-corrected chi connectivity index (χ3v) is 4.75. The minimum absolute atomic E-state index is 0.0636. The average Bonchev–Trinajstić information content (AvgIpc) is 2.56. The van der Waals surface area contributed by atoms with Gasteiger partial charge in [0.05, 0.1) is 12.0 Å². The molecule has 2 aliphatic heterocycles. The van der Waals surface area contributed by atoms with Crippen molar-refractivity contribution in [2.24, 2.45) is 5.92 Å². The summed E-state index contributed by atoms with van der Waals surface area (Å²) in [4.78, 5) is 12.7. The maximum Gasteiger partial charge on any atom is 0.226 e. The largest absolute Gasteiger partial charge is 0.373 e. The van der Waals surface area contributed by atoms with Gasteiger partial charge >= 0.3 is 0 Å². The van der Waals surface area contributed by atoms with Crippen molar-refractivity contribution in [3.8, 4) is 0 Å². The normalized spacial score (nSPS) is 26.6. The van der Waals surface area contributed by atoms with Crippen LogP contribution in [0.15, 0.2) is 24.3 Å². The Morgan fingerprint density at radius 3 is 2.64 bits per heavy atom. The molecule has 0 aliphatic carbocycles. The van der Waals surface area contributed by atoms with Crippen LogP contribution in [0.1, 0.15) is 42.9 Å². The highest BCUT2D eigenvalue weighted by molar-refractivity contribution is 5.80. The number of benzene rings is 1. The molecule has 1 aromatic carbocycles. The third-order valence-electron chi connectivity index (χ3n) is 4.75. The molecule has 4 heteroatoms. The third kappa shape index (κ3) is 3.68. The molecule has 3 rings (SSSR count). The van der Waals surface area contributed by atoms with Crippen molar-refractivity contribution < 1.29 is 9.53 Å². The van der Waals surface area contributed by atoms with E-state index in [1.165, 1.54) is 5.56 Å². The van der Waals surface area contributed by atoms with E-state index in [0.717, 1.165) is 50.9 Å². The lowest BCUT2D eigenvalue weighted by Gasteiger charge is -2.33. The van der Waals surface area contributed by atoms with Crippen molar-refractivity contribution in [3.63, 3.8) is 0 Å². The number of amides is 1. The van der Waals surface area contributed by atoms with Gasteiger partial charge in [-0.2, -0.15) is 0 Å². The van der Waals surface area contributed by atoms with Crippen molar-refractivity contribution in [3.05, 3.63) is 35.4 Å². The molecule has 2 unspecified atom stereocenters. The predicted octanol–water partition coefficient (Wildman–Crippen LogP) is 2.33. The van der Waals surface area contributed by atoms with Crippen molar-refractivity contribution in [2.75, 3.05) is 19.7 Å². The van der Waals surface area contributed by atoms with Crippen molar-refractivity contribution >= 4 is 5.91 Å².